The molecule has 2 N–H and O–H groups in total. The molecule has 1 aromatic carbocycles. The summed E-state index contributed by atoms with van der Waals surface area (Å²) in [7, 11) is 0. The van der Waals surface area contributed by atoms with Crippen LogP contribution in [0.15, 0.2) is 24.3 Å². The summed E-state index contributed by atoms with van der Waals surface area (Å²) in [6, 6.07) is 3.49. The molecule has 1 saturated heterocycles. The number of carbonyl (C=O) groups excluding carboxylic acids is 5. The molecule has 0 unspecified atom stereocenters. The molecule has 36 heavy (non-hydrogen) atoms. The quantitative estimate of drug-likeness (QED) is 0.216. The Kier molecular flexibility index (Phi) is 9.66. The third kappa shape index (κ3) is 8.19. The Labute approximate surface area is 204 Å². The van der Waals surface area contributed by atoms with Gasteiger partial charge in [-0.25, -0.2) is 4.79 Å². The topological polar surface area (TPSA) is 199 Å². The SMILES string of the molecule is CC(=O)N[C@H]1[C@H](OC(=O)Nc2ccc([N+](=O)[O-])cc2)O[C@H](COC(C)=O)[C@@H](OC(C)=O)[C@@H]1OC(C)=O. The van der Waals surface area contributed by atoms with Crippen LogP contribution in [0.2, 0.25) is 0 Å². The molecule has 1 aliphatic rings. The number of benzene rings is 1. The number of esters is 3. The van der Waals surface area contributed by atoms with Crippen LogP contribution in [0, 0.1) is 10.1 Å². The summed E-state index contributed by atoms with van der Waals surface area (Å²) in [4.78, 5) is 69.5. The van der Waals surface area contributed by atoms with E-state index in [9.17, 15) is 34.1 Å². The first kappa shape index (κ1) is 28.0. The fourth-order valence-corrected chi connectivity index (χ4v) is 3.31. The average Bonchev–Trinajstić information content (AvgIpc) is 2.76. The van der Waals surface area contributed by atoms with Gasteiger partial charge < -0.3 is 29.0 Å². The number of ether oxygens (including phenoxy) is 5. The van der Waals surface area contributed by atoms with Gasteiger partial charge >= 0.3 is 24.0 Å². The predicted octanol–water partition coefficient (Wildman–Crippen LogP) is 0.799. The second-order valence-electron chi connectivity index (χ2n) is 7.55. The summed E-state index contributed by atoms with van der Waals surface area (Å²) >= 11 is 0. The Morgan fingerprint density at radius 3 is 2.00 bits per heavy atom. The van der Waals surface area contributed by atoms with Crippen LogP contribution < -0.4 is 10.6 Å². The zero-order chi connectivity index (χ0) is 27.0. The monoisotopic (exact) mass is 511 g/mol. The lowest BCUT2D eigenvalue weighted by atomic mass is 9.96. The predicted molar refractivity (Wildman–Crippen MR) is 117 cm³/mol. The number of amides is 2. The van der Waals surface area contributed by atoms with E-state index in [1.165, 1.54) is 12.1 Å². The van der Waals surface area contributed by atoms with Crippen molar-refractivity contribution in [3.8, 4) is 0 Å². The van der Waals surface area contributed by atoms with E-state index in [1.54, 1.807) is 0 Å². The smallest absolute Gasteiger partial charge is 0.414 e. The Hall–Kier alpha value is -4.27. The second kappa shape index (κ2) is 12.4. The lowest BCUT2D eigenvalue weighted by molar-refractivity contribution is -0.384. The van der Waals surface area contributed by atoms with Crippen molar-refractivity contribution in [3.63, 3.8) is 0 Å². The van der Waals surface area contributed by atoms with Crippen molar-refractivity contribution in [2.75, 3.05) is 11.9 Å². The van der Waals surface area contributed by atoms with Gasteiger partial charge in [-0.3, -0.25) is 34.6 Å². The molecular formula is C21H25N3O12. The molecule has 0 bridgehead atoms. The van der Waals surface area contributed by atoms with Crippen molar-refractivity contribution in [3.05, 3.63) is 34.4 Å². The minimum Gasteiger partial charge on any atom is -0.463 e. The largest absolute Gasteiger partial charge is 0.463 e. The lowest BCUT2D eigenvalue weighted by Gasteiger charge is -2.44. The summed E-state index contributed by atoms with van der Waals surface area (Å²) < 4.78 is 26.5. The summed E-state index contributed by atoms with van der Waals surface area (Å²) in [6.07, 6.45) is -6.71. The Balaban J connectivity index is 2.33. The first-order valence-corrected chi connectivity index (χ1v) is 10.5. The molecule has 0 radical (unpaired) electrons. The zero-order valence-electron chi connectivity index (χ0n) is 19.7. The molecule has 1 aliphatic heterocycles. The van der Waals surface area contributed by atoms with Crippen molar-refractivity contribution in [1.82, 2.24) is 5.32 Å². The summed E-state index contributed by atoms with van der Waals surface area (Å²) in [5.41, 5.74) is -0.0624. The molecule has 2 amide bonds. The number of nitrogens with zero attached hydrogens (tertiary/aromatic N) is 1. The number of carbonyl (C=O) groups is 5. The minimum atomic E-state index is -1.61. The maximum Gasteiger partial charge on any atom is 0.414 e. The van der Waals surface area contributed by atoms with E-state index in [2.05, 4.69) is 10.6 Å². The van der Waals surface area contributed by atoms with Crippen molar-refractivity contribution in [1.29, 1.82) is 0 Å². The van der Waals surface area contributed by atoms with Gasteiger partial charge in [0.15, 0.2) is 12.2 Å². The number of non-ortho nitro benzene ring substituents is 1. The Morgan fingerprint density at radius 1 is 0.917 bits per heavy atom. The van der Waals surface area contributed by atoms with E-state index in [0.717, 1.165) is 39.8 Å². The van der Waals surface area contributed by atoms with E-state index < -0.39 is 72.1 Å². The van der Waals surface area contributed by atoms with Gasteiger partial charge in [0, 0.05) is 45.5 Å². The van der Waals surface area contributed by atoms with Crippen molar-refractivity contribution < 1.29 is 52.6 Å². The maximum atomic E-state index is 12.6. The summed E-state index contributed by atoms with van der Waals surface area (Å²) in [6.45, 7) is 3.95. The molecule has 196 valence electrons. The fourth-order valence-electron chi connectivity index (χ4n) is 3.31. The molecule has 15 heteroatoms. The maximum absolute atomic E-state index is 12.6. The molecule has 1 fully saturated rings. The number of nitro groups is 1. The summed E-state index contributed by atoms with van der Waals surface area (Å²) in [5, 5.41) is 15.6. The van der Waals surface area contributed by atoms with Crippen molar-refractivity contribution in [2.24, 2.45) is 0 Å². The highest BCUT2D eigenvalue weighted by atomic mass is 16.7. The lowest BCUT2D eigenvalue weighted by Crippen LogP contribution is -2.67. The Morgan fingerprint density at radius 2 is 1.50 bits per heavy atom. The zero-order valence-corrected chi connectivity index (χ0v) is 19.7. The van der Waals surface area contributed by atoms with Gasteiger partial charge in [0.2, 0.25) is 12.2 Å². The normalized spacial score (nSPS) is 22.9. The van der Waals surface area contributed by atoms with Crippen molar-refractivity contribution in [2.45, 2.75) is 58.3 Å². The van der Waals surface area contributed by atoms with Gasteiger partial charge in [-0.05, 0) is 12.1 Å². The van der Waals surface area contributed by atoms with Gasteiger partial charge in [-0.2, -0.15) is 0 Å². The fraction of sp³-hybridized carbons (Fsp3) is 0.476. The number of nitro benzene ring substituents is 1. The van der Waals surface area contributed by atoms with E-state index in [4.69, 9.17) is 23.7 Å². The highest BCUT2D eigenvalue weighted by Gasteiger charge is 2.52. The first-order chi connectivity index (χ1) is 16.9. The van der Waals surface area contributed by atoms with Crippen LogP contribution in [0.3, 0.4) is 0 Å². The van der Waals surface area contributed by atoms with Gasteiger partial charge in [0.1, 0.15) is 18.8 Å². The second-order valence-corrected chi connectivity index (χ2v) is 7.55. The van der Waals surface area contributed by atoms with E-state index in [-0.39, 0.29) is 11.4 Å². The van der Waals surface area contributed by atoms with Crippen LogP contribution in [-0.4, -0.2) is 72.1 Å². The highest BCUT2D eigenvalue weighted by Crippen LogP contribution is 2.28. The van der Waals surface area contributed by atoms with Gasteiger partial charge in [0.05, 0.1) is 4.92 Å². The standard InChI is InChI=1S/C21H25N3O12/c1-10(25)22-17-19(34-13(4)28)18(33-12(3)27)16(9-32-11(2)26)35-20(17)36-21(29)23-14-5-7-15(8-6-14)24(30)31/h5-8,16-20H,9H2,1-4H3,(H,22,25)(H,23,29)/t16-,17-,18-,19-,20+/m1/s1. The molecule has 0 saturated carbocycles. The molecule has 15 nitrogen and oxygen atoms in total. The molecule has 1 aromatic rings. The van der Waals surface area contributed by atoms with Gasteiger partial charge in [-0.15, -0.1) is 0 Å². The first-order valence-electron chi connectivity index (χ1n) is 10.5. The molecule has 0 aliphatic carbocycles. The molecule has 5 atom stereocenters. The van der Waals surface area contributed by atoms with Gasteiger partial charge in [0.25, 0.3) is 5.69 Å². The summed E-state index contributed by atoms with van der Waals surface area (Å²) in [5.74, 6) is -2.91. The third-order valence-electron chi connectivity index (χ3n) is 4.62. The van der Waals surface area contributed by atoms with E-state index in [1.807, 2.05) is 0 Å². The van der Waals surface area contributed by atoms with Crippen LogP contribution in [0.5, 0.6) is 0 Å². The van der Waals surface area contributed by atoms with Crippen molar-refractivity contribution >= 4 is 41.3 Å². The number of nitrogens with one attached hydrogen (secondary N) is 2. The third-order valence-corrected chi connectivity index (χ3v) is 4.62. The number of anilines is 1. The Bertz CT molecular complexity index is 1010. The van der Waals surface area contributed by atoms with Crippen LogP contribution in [0.25, 0.3) is 0 Å². The van der Waals surface area contributed by atoms with Crippen LogP contribution in [0.4, 0.5) is 16.2 Å². The van der Waals surface area contributed by atoms with Crippen LogP contribution in [0.1, 0.15) is 27.7 Å². The minimum absolute atomic E-state index is 0.142. The van der Waals surface area contributed by atoms with E-state index in [0.29, 0.717) is 0 Å². The van der Waals surface area contributed by atoms with Gasteiger partial charge in [-0.1, -0.05) is 0 Å². The molecule has 2 rings (SSSR count). The highest BCUT2D eigenvalue weighted by molar-refractivity contribution is 5.85. The van der Waals surface area contributed by atoms with E-state index >= 15 is 0 Å². The molecule has 0 aromatic heterocycles. The average molecular weight is 511 g/mol. The number of hydrogen-bond acceptors (Lipinski definition) is 12. The number of rotatable bonds is 8. The van der Waals surface area contributed by atoms with Crippen LogP contribution >= 0.6 is 0 Å². The number of hydrogen-bond donors (Lipinski definition) is 2. The molecular weight excluding hydrogens is 486 g/mol. The molecule has 1 heterocycles. The molecule has 0 spiro atoms. The van der Waals surface area contributed by atoms with Crippen LogP contribution in [-0.2, 0) is 42.9 Å².